The quantitative estimate of drug-likeness (QED) is 0.846. The van der Waals surface area contributed by atoms with Crippen LogP contribution in [0.15, 0.2) is 16.9 Å². The summed E-state index contributed by atoms with van der Waals surface area (Å²) in [7, 11) is 0. The first-order chi connectivity index (χ1) is 11.7. The number of nitrogens with one attached hydrogen (secondary N) is 1. The highest BCUT2D eigenvalue weighted by atomic mass is 16.5. The van der Waals surface area contributed by atoms with Crippen molar-refractivity contribution in [1.82, 2.24) is 20.0 Å². The van der Waals surface area contributed by atoms with Gasteiger partial charge in [-0.15, -0.1) is 0 Å². The third-order valence-electron chi connectivity index (χ3n) is 5.21. The minimum absolute atomic E-state index is 0.00510. The summed E-state index contributed by atoms with van der Waals surface area (Å²) in [6, 6.07) is 4.56. The molecule has 0 bridgehead atoms. The molecule has 0 spiro atoms. The molecule has 0 radical (unpaired) electrons. The number of hydrogen-bond acceptors (Lipinski definition) is 5. The van der Waals surface area contributed by atoms with Gasteiger partial charge in [-0.25, -0.2) is 4.68 Å². The van der Waals surface area contributed by atoms with Gasteiger partial charge in [-0.1, -0.05) is 6.42 Å². The third kappa shape index (κ3) is 4.88. The minimum atomic E-state index is -0.00510. The molecule has 1 atom stereocenters. The number of aryl methyl sites for hydroxylation is 1. The van der Waals surface area contributed by atoms with E-state index in [2.05, 4.69) is 15.3 Å². The van der Waals surface area contributed by atoms with Crippen LogP contribution in [-0.4, -0.2) is 59.6 Å². The van der Waals surface area contributed by atoms with Crippen LogP contribution in [-0.2, 0) is 11.3 Å². The topological polar surface area (TPSA) is 59.4 Å². The lowest BCUT2D eigenvalue weighted by Gasteiger charge is -2.37. The maximum atomic E-state index is 11.9. The van der Waals surface area contributed by atoms with E-state index in [1.54, 1.807) is 16.8 Å². The maximum absolute atomic E-state index is 11.9. The molecule has 0 amide bonds. The number of ether oxygens (including phenoxy) is 1. The van der Waals surface area contributed by atoms with Crippen molar-refractivity contribution in [2.45, 2.75) is 57.7 Å². The Bertz CT molecular complexity index is 568. The highest BCUT2D eigenvalue weighted by Crippen LogP contribution is 2.17. The number of piperidine rings is 1. The van der Waals surface area contributed by atoms with Gasteiger partial charge in [0.15, 0.2) is 0 Å². The number of rotatable bonds is 6. The van der Waals surface area contributed by atoms with Crippen molar-refractivity contribution < 1.29 is 4.74 Å². The lowest BCUT2D eigenvalue weighted by molar-refractivity contribution is 0.0719. The molecule has 3 heterocycles. The highest BCUT2D eigenvalue weighted by molar-refractivity contribution is 4.97. The molecule has 1 unspecified atom stereocenters. The van der Waals surface area contributed by atoms with Crippen molar-refractivity contribution in [1.29, 1.82) is 0 Å². The van der Waals surface area contributed by atoms with Gasteiger partial charge in [0.2, 0.25) is 0 Å². The SMILES string of the molecule is Cc1ccc(=O)n(CCN2CCCCC2CNC2CCOCC2)n1. The molecule has 6 heteroatoms. The fraction of sp³-hybridized carbons (Fsp3) is 0.778. The summed E-state index contributed by atoms with van der Waals surface area (Å²) in [4.78, 5) is 14.4. The Morgan fingerprint density at radius 2 is 2.04 bits per heavy atom. The van der Waals surface area contributed by atoms with E-state index in [0.29, 0.717) is 18.6 Å². The molecule has 1 aromatic rings. The van der Waals surface area contributed by atoms with E-state index >= 15 is 0 Å². The van der Waals surface area contributed by atoms with Crippen LogP contribution >= 0.6 is 0 Å². The lowest BCUT2D eigenvalue weighted by atomic mass is 10.0. The highest BCUT2D eigenvalue weighted by Gasteiger charge is 2.23. The molecule has 2 fully saturated rings. The maximum Gasteiger partial charge on any atom is 0.266 e. The van der Waals surface area contributed by atoms with Crippen LogP contribution < -0.4 is 10.9 Å². The van der Waals surface area contributed by atoms with E-state index in [9.17, 15) is 4.79 Å². The van der Waals surface area contributed by atoms with Gasteiger partial charge in [-0.2, -0.15) is 5.10 Å². The van der Waals surface area contributed by atoms with E-state index in [1.807, 2.05) is 6.92 Å². The van der Waals surface area contributed by atoms with Gasteiger partial charge in [-0.05, 0) is 45.2 Å². The fourth-order valence-electron chi connectivity index (χ4n) is 3.72. The average Bonchev–Trinajstić information content (AvgIpc) is 2.62. The number of hydrogen-bond donors (Lipinski definition) is 1. The van der Waals surface area contributed by atoms with Crippen molar-refractivity contribution in [3.8, 4) is 0 Å². The second-order valence-electron chi connectivity index (χ2n) is 7.02. The van der Waals surface area contributed by atoms with Gasteiger partial charge < -0.3 is 10.1 Å². The van der Waals surface area contributed by atoms with Crippen molar-refractivity contribution in [3.63, 3.8) is 0 Å². The summed E-state index contributed by atoms with van der Waals surface area (Å²) in [5.41, 5.74) is 0.889. The second-order valence-corrected chi connectivity index (χ2v) is 7.02. The van der Waals surface area contributed by atoms with Crippen LogP contribution in [0.5, 0.6) is 0 Å². The Hall–Kier alpha value is -1.24. The summed E-state index contributed by atoms with van der Waals surface area (Å²) in [5, 5.41) is 8.08. The zero-order valence-corrected chi connectivity index (χ0v) is 14.7. The van der Waals surface area contributed by atoms with E-state index < -0.39 is 0 Å². The van der Waals surface area contributed by atoms with Crippen molar-refractivity contribution >= 4 is 0 Å². The zero-order chi connectivity index (χ0) is 16.8. The van der Waals surface area contributed by atoms with Crippen molar-refractivity contribution in [2.75, 3.05) is 32.8 Å². The van der Waals surface area contributed by atoms with Gasteiger partial charge in [0.1, 0.15) is 0 Å². The first kappa shape index (κ1) is 17.6. The number of nitrogens with zero attached hydrogens (tertiary/aromatic N) is 3. The molecule has 0 aliphatic carbocycles. The van der Waals surface area contributed by atoms with Gasteiger partial charge in [-0.3, -0.25) is 9.69 Å². The van der Waals surface area contributed by atoms with Crippen LogP contribution in [0.2, 0.25) is 0 Å². The third-order valence-corrected chi connectivity index (χ3v) is 5.21. The largest absolute Gasteiger partial charge is 0.381 e. The molecule has 1 N–H and O–H groups in total. The van der Waals surface area contributed by atoms with Crippen LogP contribution in [0.25, 0.3) is 0 Å². The Kier molecular flexibility index (Phi) is 6.40. The Balaban J connectivity index is 1.52. The molecule has 2 saturated heterocycles. The van der Waals surface area contributed by atoms with Crippen LogP contribution in [0.3, 0.4) is 0 Å². The lowest BCUT2D eigenvalue weighted by Crippen LogP contribution is -2.49. The Morgan fingerprint density at radius 3 is 2.88 bits per heavy atom. The molecule has 6 nitrogen and oxygen atoms in total. The van der Waals surface area contributed by atoms with Crippen molar-refractivity contribution in [2.24, 2.45) is 0 Å². The van der Waals surface area contributed by atoms with Gasteiger partial charge in [0.05, 0.1) is 12.2 Å². The zero-order valence-electron chi connectivity index (χ0n) is 14.7. The summed E-state index contributed by atoms with van der Waals surface area (Å²) in [6.07, 6.45) is 6.04. The van der Waals surface area contributed by atoms with Gasteiger partial charge >= 0.3 is 0 Å². The number of aromatic nitrogens is 2. The van der Waals surface area contributed by atoms with E-state index in [1.165, 1.54) is 19.3 Å². The molecule has 1 aromatic heterocycles. The Morgan fingerprint density at radius 1 is 1.21 bits per heavy atom. The molecule has 3 rings (SSSR count). The van der Waals surface area contributed by atoms with Crippen LogP contribution in [0.4, 0.5) is 0 Å². The normalized spacial score (nSPS) is 23.5. The molecule has 2 aliphatic rings. The molecule has 0 aromatic carbocycles. The predicted octanol–water partition coefficient (Wildman–Crippen LogP) is 1.17. The van der Waals surface area contributed by atoms with Crippen LogP contribution in [0.1, 0.15) is 37.8 Å². The second kappa shape index (κ2) is 8.74. The first-order valence-electron chi connectivity index (χ1n) is 9.32. The standard InChI is InChI=1S/C18H30N4O2/c1-15-5-6-18(23)22(20-15)11-10-21-9-3-2-4-17(21)14-19-16-7-12-24-13-8-16/h5-6,16-17,19H,2-4,7-14H2,1H3. The average molecular weight is 334 g/mol. The Labute approximate surface area is 144 Å². The van der Waals surface area contributed by atoms with E-state index in [-0.39, 0.29) is 5.56 Å². The minimum Gasteiger partial charge on any atom is -0.381 e. The predicted molar refractivity (Wildman–Crippen MR) is 94.3 cm³/mol. The number of likely N-dealkylation sites (tertiary alicyclic amines) is 1. The molecular weight excluding hydrogens is 304 g/mol. The molecule has 134 valence electrons. The van der Waals surface area contributed by atoms with E-state index in [0.717, 1.165) is 51.4 Å². The van der Waals surface area contributed by atoms with Crippen molar-refractivity contribution in [3.05, 3.63) is 28.2 Å². The van der Waals surface area contributed by atoms with Crippen LogP contribution in [0, 0.1) is 6.92 Å². The first-order valence-corrected chi connectivity index (χ1v) is 9.32. The van der Waals surface area contributed by atoms with Gasteiger partial charge in [0, 0.05) is 44.5 Å². The summed E-state index contributed by atoms with van der Waals surface area (Å²) in [5.74, 6) is 0. The molecular formula is C18H30N4O2. The smallest absolute Gasteiger partial charge is 0.266 e. The molecule has 0 saturated carbocycles. The molecule has 24 heavy (non-hydrogen) atoms. The monoisotopic (exact) mass is 334 g/mol. The van der Waals surface area contributed by atoms with E-state index in [4.69, 9.17) is 4.74 Å². The summed E-state index contributed by atoms with van der Waals surface area (Å²) in [6.45, 7) is 7.44. The summed E-state index contributed by atoms with van der Waals surface area (Å²) >= 11 is 0. The molecule has 2 aliphatic heterocycles. The fourth-order valence-corrected chi connectivity index (χ4v) is 3.72. The summed E-state index contributed by atoms with van der Waals surface area (Å²) < 4.78 is 7.04. The van der Waals surface area contributed by atoms with Gasteiger partial charge in [0.25, 0.3) is 5.56 Å².